The van der Waals surface area contributed by atoms with E-state index in [9.17, 15) is 9.59 Å². The number of nitrogens with zero attached hydrogens (tertiary/aromatic N) is 1. The maximum absolute atomic E-state index is 13.3. The number of carbonyl (C=O) groups is 2. The number of ether oxygens (including phenoxy) is 1. The zero-order valence-corrected chi connectivity index (χ0v) is 16.8. The monoisotopic (exact) mass is 400 g/mol. The molecular weight excluding hydrogens is 376 g/mol. The van der Waals surface area contributed by atoms with Crippen molar-refractivity contribution in [1.29, 1.82) is 0 Å². The molecule has 1 fully saturated rings. The second-order valence-electron chi connectivity index (χ2n) is 7.32. The first kappa shape index (κ1) is 19.7. The summed E-state index contributed by atoms with van der Waals surface area (Å²) in [6, 6.07) is 26.2. The van der Waals surface area contributed by atoms with Crippen LogP contribution in [0.25, 0.3) is 0 Å². The Bertz CT molecular complexity index is 1000. The second-order valence-corrected chi connectivity index (χ2v) is 7.32. The average molecular weight is 400 g/mol. The third-order valence-corrected chi connectivity index (χ3v) is 5.47. The highest BCUT2D eigenvalue weighted by Gasteiger charge is 2.41. The van der Waals surface area contributed by atoms with Gasteiger partial charge < -0.3 is 15.0 Å². The van der Waals surface area contributed by atoms with Crippen LogP contribution >= 0.6 is 0 Å². The largest absolute Gasteiger partial charge is 0.497 e. The Kier molecular flexibility index (Phi) is 5.80. The molecule has 5 nitrogen and oxygen atoms in total. The number of anilines is 2. The molecule has 2 atom stereocenters. The normalized spacial score (nSPS) is 18.7. The number of hydrogen-bond acceptors (Lipinski definition) is 3. The Labute approximate surface area is 176 Å². The molecule has 0 spiro atoms. The van der Waals surface area contributed by atoms with Crippen molar-refractivity contribution in [3.63, 3.8) is 0 Å². The van der Waals surface area contributed by atoms with Crippen LogP contribution in [-0.2, 0) is 9.59 Å². The molecule has 0 saturated carbocycles. The molecule has 4 rings (SSSR count). The van der Waals surface area contributed by atoms with Crippen LogP contribution in [0, 0.1) is 5.92 Å². The third kappa shape index (κ3) is 4.06. The summed E-state index contributed by atoms with van der Waals surface area (Å²) < 4.78 is 5.25. The minimum Gasteiger partial charge on any atom is -0.497 e. The van der Waals surface area contributed by atoms with E-state index in [4.69, 9.17) is 4.74 Å². The molecule has 3 aromatic rings. The van der Waals surface area contributed by atoms with Gasteiger partial charge in [-0.3, -0.25) is 9.59 Å². The number of para-hydroxylation sites is 1. The highest BCUT2D eigenvalue weighted by molar-refractivity contribution is 6.00. The summed E-state index contributed by atoms with van der Waals surface area (Å²) in [5, 5.41) is 3.02. The van der Waals surface area contributed by atoms with Crippen molar-refractivity contribution < 1.29 is 14.3 Å². The predicted octanol–water partition coefficient (Wildman–Crippen LogP) is 4.82. The van der Waals surface area contributed by atoms with Crippen LogP contribution in [0.4, 0.5) is 11.4 Å². The van der Waals surface area contributed by atoms with Gasteiger partial charge in [0.05, 0.1) is 19.1 Å². The number of benzene rings is 3. The van der Waals surface area contributed by atoms with Crippen LogP contribution in [0.1, 0.15) is 24.4 Å². The zero-order chi connectivity index (χ0) is 20.9. The summed E-state index contributed by atoms with van der Waals surface area (Å²) in [6.07, 6.45) is 0.825. The molecular formula is C25H24N2O3. The molecule has 3 aromatic carbocycles. The van der Waals surface area contributed by atoms with Gasteiger partial charge in [-0.05, 0) is 48.4 Å². The van der Waals surface area contributed by atoms with Crippen LogP contribution in [0.15, 0.2) is 84.9 Å². The molecule has 1 saturated heterocycles. The first-order valence-electron chi connectivity index (χ1n) is 10.0. The lowest BCUT2D eigenvalue weighted by Gasteiger charge is -2.41. The van der Waals surface area contributed by atoms with E-state index in [1.165, 1.54) is 0 Å². The van der Waals surface area contributed by atoms with E-state index in [0.29, 0.717) is 12.8 Å². The standard InChI is InChI=1S/C25H24N2O3/c1-30-21-14-12-20(13-15-21)27-23(28)17-16-22(24(27)18-8-4-2-5-9-18)25(29)26-19-10-6-3-7-11-19/h2-15,22,24H,16-17H2,1H3,(H,26,29). The molecule has 152 valence electrons. The lowest BCUT2D eigenvalue weighted by molar-refractivity contribution is -0.125. The van der Waals surface area contributed by atoms with Crippen molar-refractivity contribution in [3.05, 3.63) is 90.5 Å². The van der Waals surface area contributed by atoms with E-state index < -0.39 is 0 Å². The van der Waals surface area contributed by atoms with Gasteiger partial charge in [-0.2, -0.15) is 0 Å². The van der Waals surface area contributed by atoms with Gasteiger partial charge in [0.15, 0.2) is 0 Å². The van der Waals surface area contributed by atoms with E-state index >= 15 is 0 Å². The molecule has 1 N–H and O–H groups in total. The summed E-state index contributed by atoms with van der Waals surface area (Å²) in [4.78, 5) is 28.0. The summed E-state index contributed by atoms with van der Waals surface area (Å²) in [6.45, 7) is 0. The molecule has 0 bridgehead atoms. The number of amides is 2. The maximum atomic E-state index is 13.3. The molecule has 1 aliphatic rings. The van der Waals surface area contributed by atoms with Crippen molar-refractivity contribution in [2.45, 2.75) is 18.9 Å². The Hall–Kier alpha value is -3.60. The molecule has 5 heteroatoms. The molecule has 2 amide bonds. The quantitative estimate of drug-likeness (QED) is 0.668. The van der Waals surface area contributed by atoms with E-state index in [0.717, 1.165) is 22.7 Å². The van der Waals surface area contributed by atoms with E-state index in [1.54, 1.807) is 12.0 Å². The van der Waals surface area contributed by atoms with Crippen molar-refractivity contribution in [1.82, 2.24) is 0 Å². The first-order chi connectivity index (χ1) is 14.7. The number of methoxy groups -OCH3 is 1. The van der Waals surface area contributed by atoms with E-state index in [1.807, 2.05) is 84.9 Å². The van der Waals surface area contributed by atoms with Gasteiger partial charge in [-0.25, -0.2) is 0 Å². The first-order valence-corrected chi connectivity index (χ1v) is 10.0. The minimum absolute atomic E-state index is 0.0118. The van der Waals surface area contributed by atoms with Crippen LogP contribution in [0.2, 0.25) is 0 Å². The fraction of sp³-hybridized carbons (Fsp3) is 0.200. The molecule has 0 aliphatic carbocycles. The highest BCUT2D eigenvalue weighted by atomic mass is 16.5. The van der Waals surface area contributed by atoms with Gasteiger partial charge in [-0.1, -0.05) is 48.5 Å². The number of hydrogen-bond donors (Lipinski definition) is 1. The van der Waals surface area contributed by atoms with Gasteiger partial charge in [0, 0.05) is 17.8 Å². The van der Waals surface area contributed by atoms with Gasteiger partial charge >= 0.3 is 0 Å². The molecule has 30 heavy (non-hydrogen) atoms. The van der Waals surface area contributed by atoms with Crippen molar-refractivity contribution in [3.8, 4) is 5.75 Å². The van der Waals surface area contributed by atoms with E-state index in [2.05, 4.69) is 5.32 Å². The molecule has 1 heterocycles. The molecule has 1 aliphatic heterocycles. The Morgan fingerprint density at radius 2 is 1.57 bits per heavy atom. The minimum atomic E-state index is -0.385. The fourth-order valence-electron chi connectivity index (χ4n) is 4.00. The highest BCUT2D eigenvalue weighted by Crippen LogP contribution is 2.40. The zero-order valence-electron chi connectivity index (χ0n) is 16.8. The Morgan fingerprint density at radius 3 is 2.20 bits per heavy atom. The van der Waals surface area contributed by atoms with Crippen LogP contribution in [-0.4, -0.2) is 18.9 Å². The third-order valence-electron chi connectivity index (χ3n) is 5.47. The smallest absolute Gasteiger partial charge is 0.229 e. The predicted molar refractivity (Wildman–Crippen MR) is 117 cm³/mol. The number of piperidine rings is 1. The average Bonchev–Trinajstić information content (AvgIpc) is 2.80. The van der Waals surface area contributed by atoms with Gasteiger partial charge in [0.25, 0.3) is 0 Å². The SMILES string of the molecule is COc1ccc(N2C(=O)CCC(C(=O)Nc3ccccc3)C2c2ccccc2)cc1. The van der Waals surface area contributed by atoms with Crippen molar-refractivity contribution in [2.24, 2.45) is 5.92 Å². The summed E-state index contributed by atoms with van der Waals surface area (Å²) in [7, 11) is 1.61. The lowest BCUT2D eigenvalue weighted by atomic mass is 9.83. The second kappa shape index (κ2) is 8.82. The Balaban J connectivity index is 1.71. The van der Waals surface area contributed by atoms with Crippen molar-refractivity contribution in [2.75, 3.05) is 17.3 Å². The summed E-state index contributed by atoms with van der Waals surface area (Å²) in [5.74, 6) is 0.282. The topological polar surface area (TPSA) is 58.6 Å². The molecule has 2 unspecified atom stereocenters. The maximum Gasteiger partial charge on any atom is 0.229 e. The summed E-state index contributed by atoms with van der Waals surface area (Å²) in [5.41, 5.74) is 2.45. The Morgan fingerprint density at radius 1 is 0.933 bits per heavy atom. The van der Waals surface area contributed by atoms with Crippen LogP contribution in [0.5, 0.6) is 5.75 Å². The summed E-state index contributed by atoms with van der Waals surface area (Å²) >= 11 is 0. The lowest BCUT2D eigenvalue weighted by Crippen LogP contribution is -2.46. The van der Waals surface area contributed by atoms with Gasteiger partial charge in [0.1, 0.15) is 5.75 Å². The van der Waals surface area contributed by atoms with Crippen molar-refractivity contribution >= 4 is 23.2 Å². The van der Waals surface area contributed by atoms with Gasteiger partial charge in [-0.15, -0.1) is 0 Å². The molecule has 0 aromatic heterocycles. The van der Waals surface area contributed by atoms with E-state index in [-0.39, 0.29) is 23.8 Å². The van der Waals surface area contributed by atoms with Crippen LogP contribution < -0.4 is 15.0 Å². The molecule has 0 radical (unpaired) electrons. The number of rotatable bonds is 5. The fourth-order valence-corrected chi connectivity index (χ4v) is 4.00. The number of carbonyl (C=O) groups excluding carboxylic acids is 2. The van der Waals surface area contributed by atoms with Crippen LogP contribution in [0.3, 0.4) is 0 Å². The number of nitrogens with one attached hydrogen (secondary N) is 1. The van der Waals surface area contributed by atoms with Gasteiger partial charge in [0.2, 0.25) is 11.8 Å².